The second kappa shape index (κ2) is 7.36. The number of rotatable bonds is 4. The fourth-order valence-corrected chi connectivity index (χ4v) is 2.74. The quantitative estimate of drug-likeness (QED) is 0.805. The molecule has 1 saturated heterocycles. The van der Waals surface area contributed by atoms with Crippen molar-refractivity contribution in [1.29, 1.82) is 0 Å². The first-order valence-corrected chi connectivity index (χ1v) is 7.59. The molecule has 0 radical (unpaired) electrons. The average molecular weight is 289 g/mol. The summed E-state index contributed by atoms with van der Waals surface area (Å²) in [4.78, 5) is 13.8. The molecule has 1 N–H and O–H groups in total. The normalized spacial score (nSPS) is 18.6. The van der Waals surface area contributed by atoms with Gasteiger partial charge in [0.2, 0.25) is 0 Å². The van der Waals surface area contributed by atoms with Crippen LogP contribution in [0.3, 0.4) is 0 Å². The van der Waals surface area contributed by atoms with E-state index in [0.29, 0.717) is 0 Å². The van der Waals surface area contributed by atoms with Gasteiger partial charge in [0, 0.05) is 31.8 Å². The van der Waals surface area contributed by atoms with Crippen LogP contribution in [0.2, 0.25) is 0 Å². The molecule has 1 amide bonds. The standard InChI is InChI=1S/C13H27N3O2S/c1-13(2,3)18-12(17)14-19-16-8-6-11(7-9-16)10-15(4)5/h11H,6-10H2,1-5H3,(H,14,17). The minimum Gasteiger partial charge on any atom is -0.443 e. The van der Waals surface area contributed by atoms with E-state index in [9.17, 15) is 4.79 Å². The van der Waals surface area contributed by atoms with Crippen molar-refractivity contribution >= 4 is 18.2 Å². The van der Waals surface area contributed by atoms with Crippen molar-refractivity contribution in [3.63, 3.8) is 0 Å². The van der Waals surface area contributed by atoms with Gasteiger partial charge in [-0.05, 0) is 53.6 Å². The molecule has 1 aliphatic heterocycles. The van der Waals surface area contributed by atoms with Crippen LogP contribution in [0.1, 0.15) is 33.6 Å². The Balaban J connectivity index is 2.17. The molecule has 0 spiro atoms. The summed E-state index contributed by atoms with van der Waals surface area (Å²) in [7, 11) is 4.23. The van der Waals surface area contributed by atoms with Crippen molar-refractivity contribution in [2.75, 3.05) is 33.7 Å². The van der Waals surface area contributed by atoms with E-state index in [0.717, 1.165) is 25.6 Å². The van der Waals surface area contributed by atoms with Crippen LogP contribution in [0.5, 0.6) is 0 Å². The summed E-state index contributed by atoms with van der Waals surface area (Å²) >= 11 is 1.36. The zero-order chi connectivity index (χ0) is 14.5. The molecule has 0 aliphatic carbocycles. The molecular formula is C13H27N3O2S. The lowest BCUT2D eigenvalue weighted by Crippen LogP contribution is -2.37. The van der Waals surface area contributed by atoms with Gasteiger partial charge < -0.3 is 9.64 Å². The Bertz CT molecular complexity index is 284. The highest BCUT2D eigenvalue weighted by Gasteiger charge is 2.22. The van der Waals surface area contributed by atoms with E-state index in [1.807, 2.05) is 20.8 Å². The first-order chi connectivity index (χ1) is 8.76. The summed E-state index contributed by atoms with van der Waals surface area (Å²) < 4.78 is 10.1. The fraction of sp³-hybridized carbons (Fsp3) is 0.923. The summed E-state index contributed by atoms with van der Waals surface area (Å²) in [5.41, 5.74) is -0.441. The summed E-state index contributed by atoms with van der Waals surface area (Å²) in [6.45, 7) is 8.77. The zero-order valence-electron chi connectivity index (χ0n) is 12.7. The van der Waals surface area contributed by atoms with Crippen LogP contribution >= 0.6 is 12.1 Å². The van der Waals surface area contributed by atoms with E-state index in [1.54, 1.807) is 0 Å². The topological polar surface area (TPSA) is 44.8 Å². The molecule has 1 heterocycles. The predicted molar refractivity (Wildman–Crippen MR) is 79.8 cm³/mol. The van der Waals surface area contributed by atoms with Gasteiger partial charge in [0.25, 0.3) is 0 Å². The third-order valence-corrected chi connectivity index (χ3v) is 3.74. The van der Waals surface area contributed by atoms with Gasteiger partial charge >= 0.3 is 6.09 Å². The molecule has 19 heavy (non-hydrogen) atoms. The molecule has 0 bridgehead atoms. The molecule has 1 aliphatic rings. The highest BCUT2D eigenvalue weighted by molar-refractivity contribution is 7.95. The molecule has 0 unspecified atom stereocenters. The molecule has 6 heteroatoms. The van der Waals surface area contributed by atoms with Gasteiger partial charge in [0.1, 0.15) is 5.60 Å². The van der Waals surface area contributed by atoms with E-state index in [-0.39, 0.29) is 6.09 Å². The molecule has 1 rings (SSSR count). The highest BCUT2D eigenvalue weighted by atomic mass is 32.2. The number of nitrogens with zero attached hydrogens (tertiary/aromatic N) is 2. The molecule has 0 saturated carbocycles. The number of nitrogens with one attached hydrogen (secondary N) is 1. The Morgan fingerprint density at radius 1 is 1.37 bits per heavy atom. The largest absolute Gasteiger partial charge is 0.443 e. The van der Waals surface area contributed by atoms with Gasteiger partial charge in [-0.25, -0.2) is 9.10 Å². The van der Waals surface area contributed by atoms with Crippen molar-refractivity contribution in [2.24, 2.45) is 5.92 Å². The maximum atomic E-state index is 11.5. The molecule has 0 aromatic rings. The van der Waals surface area contributed by atoms with Crippen LogP contribution in [0.25, 0.3) is 0 Å². The molecule has 5 nitrogen and oxygen atoms in total. The SMILES string of the molecule is CN(C)CC1CCN(SNC(=O)OC(C)(C)C)CC1. The number of amides is 1. The third-order valence-electron chi connectivity index (χ3n) is 2.85. The van der Waals surface area contributed by atoms with Gasteiger partial charge in [-0.2, -0.15) is 0 Å². The van der Waals surface area contributed by atoms with E-state index < -0.39 is 5.60 Å². The predicted octanol–water partition coefficient (Wildman–Crippen LogP) is 2.35. The van der Waals surface area contributed by atoms with Crippen LogP contribution in [0.15, 0.2) is 0 Å². The zero-order valence-corrected chi connectivity index (χ0v) is 13.5. The monoisotopic (exact) mass is 289 g/mol. The van der Waals surface area contributed by atoms with Crippen molar-refractivity contribution in [3.05, 3.63) is 0 Å². The Morgan fingerprint density at radius 2 is 1.95 bits per heavy atom. The number of carbonyl (C=O) groups excluding carboxylic acids is 1. The van der Waals surface area contributed by atoms with E-state index in [2.05, 4.69) is 28.0 Å². The first-order valence-electron chi connectivity index (χ1n) is 6.82. The van der Waals surface area contributed by atoms with E-state index in [1.165, 1.54) is 25.0 Å². The van der Waals surface area contributed by atoms with Crippen LogP contribution in [0.4, 0.5) is 4.79 Å². The summed E-state index contributed by atoms with van der Waals surface area (Å²) in [6.07, 6.45) is 2.00. The lowest BCUT2D eigenvalue weighted by molar-refractivity contribution is 0.0572. The van der Waals surface area contributed by atoms with Crippen molar-refractivity contribution in [1.82, 2.24) is 13.9 Å². The fourth-order valence-electron chi connectivity index (χ4n) is 2.10. The van der Waals surface area contributed by atoms with Crippen molar-refractivity contribution < 1.29 is 9.53 Å². The summed E-state index contributed by atoms with van der Waals surface area (Å²) in [5.74, 6) is 0.772. The van der Waals surface area contributed by atoms with Gasteiger partial charge in [-0.3, -0.25) is 4.72 Å². The Labute approximate surface area is 121 Å². The summed E-state index contributed by atoms with van der Waals surface area (Å²) in [5, 5.41) is 0. The number of hydrogen-bond acceptors (Lipinski definition) is 5. The van der Waals surface area contributed by atoms with Crippen LogP contribution < -0.4 is 4.72 Å². The lowest BCUT2D eigenvalue weighted by Gasteiger charge is -2.32. The number of carbonyl (C=O) groups is 1. The maximum Gasteiger partial charge on any atom is 0.418 e. The van der Waals surface area contributed by atoms with Gasteiger partial charge in [-0.1, -0.05) is 0 Å². The van der Waals surface area contributed by atoms with E-state index in [4.69, 9.17) is 4.74 Å². The van der Waals surface area contributed by atoms with Crippen LogP contribution in [-0.2, 0) is 4.74 Å². The van der Waals surface area contributed by atoms with Gasteiger partial charge in [-0.15, -0.1) is 0 Å². The first kappa shape index (κ1) is 16.6. The molecule has 1 fully saturated rings. The molecular weight excluding hydrogens is 262 g/mol. The average Bonchev–Trinajstić information content (AvgIpc) is 2.25. The molecule has 0 aromatic heterocycles. The Morgan fingerprint density at radius 3 is 2.42 bits per heavy atom. The van der Waals surface area contributed by atoms with E-state index >= 15 is 0 Å². The minimum atomic E-state index is -0.441. The number of piperidine rings is 1. The molecule has 0 atom stereocenters. The number of ether oxygens (including phenoxy) is 1. The second-order valence-corrected chi connectivity index (χ2v) is 7.23. The van der Waals surface area contributed by atoms with Gasteiger partial charge in [0.15, 0.2) is 0 Å². The second-order valence-electron chi connectivity index (χ2n) is 6.33. The van der Waals surface area contributed by atoms with Crippen LogP contribution in [0, 0.1) is 5.92 Å². The smallest absolute Gasteiger partial charge is 0.418 e. The highest BCUT2D eigenvalue weighted by Crippen LogP contribution is 2.22. The summed E-state index contributed by atoms with van der Waals surface area (Å²) in [6, 6.07) is 0. The van der Waals surface area contributed by atoms with Crippen molar-refractivity contribution in [3.8, 4) is 0 Å². The third kappa shape index (κ3) is 7.64. The Hall–Kier alpha value is -0.460. The lowest BCUT2D eigenvalue weighted by atomic mass is 9.98. The maximum absolute atomic E-state index is 11.5. The number of hydrogen-bond donors (Lipinski definition) is 1. The van der Waals surface area contributed by atoms with Crippen LogP contribution in [-0.4, -0.2) is 54.6 Å². The van der Waals surface area contributed by atoms with Gasteiger partial charge in [0.05, 0.1) is 0 Å². The molecule has 0 aromatic carbocycles. The Kier molecular flexibility index (Phi) is 6.42. The van der Waals surface area contributed by atoms with Crippen molar-refractivity contribution in [2.45, 2.75) is 39.2 Å². The minimum absolute atomic E-state index is 0.368. The molecule has 112 valence electrons.